The maximum absolute atomic E-state index is 12.3. The highest BCUT2D eigenvalue weighted by Crippen LogP contribution is 2.08. The average molecular weight is 303 g/mol. The first-order chi connectivity index (χ1) is 10.6. The van der Waals surface area contributed by atoms with Crippen LogP contribution in [0.4, 0.5) is 0 Å². The molecule has 1 aliphatic heterocycles. The molecule has 5 nitrogen and oxygen atoms in total. The molecular formula is C17H25N3O2. The van der Waals surface area contributed by atoms with Crippen LogP contribution < -0.4 is 5.32 Å². The fourth-order valence-corrected chi connectivity index (χ4v) is 2.60. The van der Waals surface area contributed by atoms with Crippen molar-refractivity contribution >= 4 is 11.8 Å². The van der Waals surface area contributed by atoms with Crippen molar-refractivity contribution in [3.05, 3.63) is 35.4 Å². The predicted molar refractivity (Wildman–Crippen MR) is 86.6 cm³/mol. The minimum Gasteiger partial charge on any atom is -0.355 e. The molecule has 0 saturated carbocycles. The molecule has 120 valence electrons. The number of carbonyl (C=O) groups is 2. The molecule has 1 saturated heterocycles. The molecular weight excluding hydrogens is 278 g/mol. The van der Waals surface area contributed by atoms with Crippen LogP contribution >= 0.6 is 0 Å². The van der Waals surface area contributed by atoms with Gasteiger partial charge in [-0.15, -0.1) is 0 Å². The van der Waals surface area contributed by atoms with Crippen molar-refractivity contribution in [1.29, 1.82) is 0 Å². The normalized spacial score (nSPS) is 15.6. The minimum absolute atomic E-state index is 0.0573. The van der Waals surface area contributed by atoms with E-state index in [-0.39, 0.29) is 11.8 Å². The van der Waals surface area contributed by atoms with Gasteiger partial charge in [-0.2, -0.15) is 0 Å². The highest BCUT2D eigenvalue weighted by molar-refractivity contribution is 5.79. The molecule has 0 radical (unpaired) electrons. The van der Waals surface area contributed by atoms with Crippen LogP contribution in [0.3, 0.4) is 0 Å². The number of hydrogen-bond donors (Lipinski definition) is 1. The van der Waals surface area contributed by atoms with E-state index in [4.69, 9.17) is 0 Å². The first-order valence-corrected chi connectivity index (χ1v) is 7.91. The molecule has 0 spiro atoms. The number of rotatable bonds is 5. The maximum atomic E-state index is 12.3. The number of benzene rings is 1. The molecule has 1 aromatic rings. The summed E-state index contributed by atoms with van der Waals surface area (Å²) < 4.78 is 0. The number of amides is 2. The van der Waals surface area contributed by atoms with Crippen LogP contribution in [-0.2, 0) is 16.0 Å². The van der Waals surface area contributed by atoms with Gasteiger partial charge in [0.05, 0.1) is 13.0 Å². The highest BCUT2D eigenvalue weighted by Gasteiger charge is 2.22. The summed E-state index contributed by atoms with van der Waals surface area (Å²) in [5.41, 5.74) is 2.26. The van der Waals surface area contributed by atoms with E-state index in [0.29, 0.717) is 32.6 Å². The molecule has 0 bridgehead atoms. The molecule has 0 unspecified atom stereocenters. The quantitative estimate of drug-likeness (QED) is 0.876. The van der Waals surface area contributed by atoms with E-state index in [1.54, 1.807) is 0 Å². The molecule has 2 amide bonds. The summed E-state index contributed by atoms with van der Waals surface area (Å²) in [6.07, 6.45) is 0.455. The van der Waals surface area contributed by atoms with Gasteiger partial charge in [-0.1, -0.05) is 29.8 Å². The zero-order chi connectivity index (χ0) is 15.9. The van der Waals surface area contributed by atoms with E-state index in [9.17, 15) is 9.59 Å². The number of nitrogens with zero attached hydrogens (tertiary/aromatic N) is 2. The Bertz CT molecular complexity index is 505. The maximum Gasteiger partial charge on any atom is 0.234 e. The third-order valence-electron chi connectivity index (χ3n) is 3.94. The Hall–Kier alpha value is -1.88. The number of nitrogens with one attached hydrogen (secondary N) is 1. The van der Waals surface area contributed by atoms with E-state index in [1.807, 2.05) is 43.0 Å². The van der Waals surface area contributed by atoms with E-state index < -0.39 is 0 Å². The summed E-state index contributed by atoms with van der Waals surface area (Å²) in [6, 6.07) is 8.09. The first kappa shape index (κ1) is 16.5. The Kier molecular flexibility index (Phi) is 5.95. The Balaban J connectivity index is 1.77. The zero-order valence-electron chi connectivity index (χ0n) is 13.5. The van der Waals surface area contributed by atoms with Gasteiger partial charge in [0, 0.05) is 32.7 Å². The molecule has 0 aromatic heterocycles. The summed E-state index contributed by atoms with van der Waals surface area (Å²) in [7, 11) is 0. The molecule has 22 heavy (non-hydrogen) atoms. The summed E-state index contributed by atoms with van der Waals surface area (Å²) in [4.78, 5) is 27.9. The molecule has 1 heterocycles. The molecule has 1 aromatic carbocycles. The second kappa shape index (κ2) is 7.94. The molecule has 1 aliphatic rings. The summed E-state index contributed by atoms with van der Waals surface area (Å²) in [6.45, 7) is 7.96. The number of carbonyl (C=O) groups excluding carboxylic acids is 2. The van der Waals surface area contributed by atoms with Gasteiger partial charge in [-0.05, 0) is 19.4 Å². The van der Waals surface area contributed by atoms with Gasteiger partial charge in [0.1, 0.15) is 0 Å². The van der Waals surface area contributed by atoms with Crippen LogP contribution in [0.5, 0.6) is 0 Å². The first-order valence-electron chi connectivity index (χ1n) is 7.91. The largest absolute Gasteiger partial charge is 0.355 e. The standard InChI is InChI=1S/C17H25N3O2/c1-3-18-16(21)13-19-8-10-20(11-9-19)17(22)12-15-6-4-14(2)5-7-15/h4-7H,3,8-13H2,1-2H3,(H,18,21). The van der Waals surface area contributed by atoms with Gasteiger partial charge < -0.3 is 10.2 Å². The van der Waals surface area contributed by atoms with Crippen molar-refractivity contribution in [1.82, 2.24) is 15.1 Å². The van der Waals surface area contributed by atoms with E-state index in [0.717, 1.165) is 18.7 Å². The topological polar surface area (TPSA) is 52.7 Å². The van der Waals surface area contributed by atoms with Gasteiger partial charge >= 0.3 is 0 Å². The number of hydrogen-bond acceptors (Lipinski definition) is 3. The molecule has 5 heteroatoms. The Labute approximate surface area is 132 Å². The van der Waals surface area contributed by atoms with Gasteiger partial charge in [0.2, 0.25) is 11.8 Å². The van der Waals surface area contributed by atoms with Crippen LogP contribution in [0.2, 0.25) is 0 Å². The second-order valence-electron chi connectivity index (χ2n) is 5.77. The molecule has 0 aliphatic carbocycles. The third-order valence-corrected chi connectivity index (χ3v) is 3.94. The highest BCUT2D eigenvalue weighted by atomic mass is 16.2. The van der Waals surface area contributed by atoms with Crippen molar-refractivity contribution in [2.24, 2.45) is 0 Å². The average Bonchev–Trinajstić information content (AvgIpc) is 2.50. The van der Waals surface area contributed by atoms with E-state index in [2.05, 4.69) is 10.2 Å². The number of likely N-dealkylation sites (N-methyl/N-ethyl adjacent to an activating group) is 1. The molecule has 2 rings (SSSR count). The summed E-state index contributed by atoms with van der Waals surface area (Å²) >= 11 is 0. The van der Waals surface area contributed by atoms with Crippen molar-refractivity contribution in [3.63, 3.8) is 0 Å². The molecule has 1 fully saturated rings. The number of aryl methyl sites for hydroxylation is 1. The SMILES string of the molecule is CCNC(=O)CN1CCN(C(=O)Cc2ccc(C)cc2)CC1. The molecule has 1 N–H and O–H groups in total. The third kappa shape index (κ3) is 4.84. The van der Waals surface area contributed by atoms with Gasteiger partial charge in [0.25, 0.3) is 0 Å². The van der Waals surface area contributed by atoms with Crippen LogP contribution in [0, 0.1) is 6.92 Å². The number of piperazine rings is 1. The van der Waals surface area contributed by atoms with Gasteiger partial charge in [-0.3, -0.25) is 14.5 Å². The lowest BCUT2D eigenvalue weighted by Crippen LogP contribution is -2.51. The molecule has 0 atom stereocenters. The minimum atomic E-state index is 0.0573. The summed E-state index contributed by atoms with van der Waals surface area (Å²) in [5, 5.41) is 2.80. The van der Waals surface area contributed by atoms with Crippen LogP contribution in [-0.4, -0.2) is 60.9 Å². The van der Waals surface area contributed by atoms with Gasteiger partial charge in [-0.25, -0.2) is 0 Å². The Morgan fingerprint density at radius 3 is 2.32 bits per heavy atom. The fourth-order valence-electron chi connectivity index (χ4n) is 2.60. The van der Waals surface area contributed by atoms with Crippen LogP contribution in [0.1, 0.15) is 18.1 Å². The summed E-state index contributed by atoms with van der Waals surface area (Å²) in [5.74, 6) is 0.225. The van der Waals surface area contributed by atoms with Crippen LogP contribution in [0.25, 0.3) is 0 Å². The van der Waals surface area contributed by atoms with Crippen LogP contribution in [0.15, 0.2) is 24.3 Å². The van der Waals surface area contributed by atoms with E-state index >= 15 is 0 Å². The Morgan fingerprint density at radius 1 is 1.09 bits per heavy atom. The smallest absolute Gasteiger partial charge is 0.234 e. The lowest BCUT2D eigenvalue weighted by Gasteiger charge is -2.34. The Morgan fingerprint density at radius 2 is 1.73 bits per heavy atom. The second-order valence-corrected chi connectivity index (χ2v) is 5.77. The van der Waals surface area contributed by atoms with Gasteiger partial charge in [0.15, 0.2) is 0 Å². The lowest BCUT2D eigenvalue weighted by molar-refractivity contribution is -0.132. The lowest BCUT2D eigenvalue weighted by atomic mass is 10.1. The monoisotopic (exact) mass is 303 g/mol. The van der Waals surface area contributed by atoms with Crippen molar-refractivity contribution < 1.29 is 9.59 Å². The van der Waals surface area contributed by atoms with Crippen molar-refractivity contribution in [2.45, 2.75) is 20.3 Å². The van der Waals surface area contributed by atoms with Crippen molar-refractivity contribution in [2.75, 3.05) is 39.3 Å². The van der Waals surface area contributed by atoms with Crippen molar-refractivity contribution in [3.8, 4) is 0 Å². The predicted octanol–water partition coefficient (Wildman–Crippen LogP) is 0.818. The van der Waals surface area contributed by atoms with E-state index in [1.165, 1.54) is 5.56 Å². The zero-order valence-corrected chi connectivity index (χ0v) is 13.5. The fraction of sp³-hybridized carbons (Fsp3) is 0.529.